The maximum absolute atomic E-state index is 11.1. The molecule has 14 heavy (non-hydrogen) atoms. The minimum absolute atomic E-state index is 0.106. The first-order chi connectivity index (χ1) is 6.52. The van der Waals surface area contributed by atoms with Crippen LogP contribution in [0.25, 0.3) is 0 Å². The molecule has 0 aromatic rings. The van der Waals surface area contributed by atoms with Crippen molar-refractivity contribution in [2.45, 2.75) is 26.8 Å². The number of carbonyl (C=O) groups is 1. The number of carbonyl (C=O) groups excluding carboxylic acids is 1. The number of nitrogens with zero attached hydrogens (tertiary/aromatic N) is 1. The first kappa shape index (κ1) is 13.4. The summed E-state index contributed by atoms with van der Waals surface area (Å²) in [5.74, 6) is 4.70. The highest BCUT2D eigenvalue weighted by Gasteiger charge is 2.17. The summed E-state index contributed by atoms with van der Waals surface area (Å²) in [5.41, 5.74) is 2.12. The molecule has 0 radical (unpaired) electrons. The lowest BCUT2D eigenvalue weighted by atomic mass is 10.1. The highest BCUT2D eigenvalue weighted by molar-refractivity contribution is 5.77. The molecule has 5 heteroatoms. The van der Waals surface area contributed by atoms with Crippen molar-refractivity contribution in [3.05, 3.63) is 0 Å². The lowest BCUT2D eigenvalue weighted by Gasteiger charge is -2.27. The van der Waals surface area contributed by atoms with Crippen LogP contribution in [0.5, 0.6) is 0 Å². The standard InChI is InChI=1S/C9H21N3O2/c1-7(2)12(4-5-13)6-8(3)9(14)11-10/h7-8,13H,4-6,10H2,1-3H3,(H,11,14). The quantitative estimate of drug-likeness (QED) is 0.303. The third-order valence-corrected chi connectivity index (χ3v) is 2.22. The second kappa shape index (κ2) is 6.75. The molecular formula is C9H21N3O2. The Kier molecular flexibility index (Phi) is 6.44. The van der Waals surface area contributed by atoms with Crippen molar-refractivity contribution in [1.29, 1.82) is 0 Å². The van der Waals surface area contributed by atoms with Crippen molar-refractivity contribution in [3.8, 4) is 0 Å². The van der Waals surface area contributed by atoms with Gasteiger partial charge in [-0.05, 0) is 13.8 Å². The molecule has 0 aliphatic heterocycles. The summed E-state index contributed by atoms with van der Waals surface area (Å²) >= 11 is 0. The van der Waals surface area contributed by atoms with E-state index < -0.39 is 0 Å². The van der Waals surface area contributed by atoms with E-state index in [1.165, 1.54) is 0 Å². The Morgan fingerprint density at radius 2 is 2.07 bits per heavy atom. The Morgan fingerprint density at radius 1 is 1.50 bits per heavy atom. The SMILES string of the molecule is CC(CN(CCO)C(C)C)C(=O)NN. The second-order valence-corrected chi connectivity index (χ2v) is 3.72. The van der Waals surface area contributed by atoms with Gasteiger partial charge >= 0.3 is 0 Å². The predicted octanol–water partition coefficient (Wildman–Crippen LogP) is -0.685. The van der Waals surface area contributed by atoms with Crippen LogP contribution in [0.4, 0.5) is 0 Å². The molecule has 0 rings (SSSR count). The Balaban J connectivity index is 4.08. The third kappa shape index (κ3) is 4.55. The zero-order valence-corrected chi connectivity index (χ0v) is 9.16. The molecule has 0 aliphatic rings. The highest BCUT2D eigenvalue weighted by atomic mass is 16.3. The number of amides is 1. The molecule has 0 fully saturated rings. The van der Waals surface area contributed by atoms with Crippen LogP contribution in [0.2, 0.25) is 0 Å². The van der Waals surface area contributed by atoms with Gasteiger partial charge in [0.25, 0.3) is 0 Å². The number of hydrazine groups is 1. The Bertz CT molecular complexity index is 173. The van der Waals surface area contributed by atoms with Gasteiger partial charge in [-0.25, -0.2) is 5.84 Å². The molecule has 1 amide bonds. The fraction of sp³-hybridized carbons (Fsp3) is 0.889. The van der Waals surface area contributed by atoms with Crippen LogP contribution in [0, 0.1) is 5.92 Å². The summed E-state index contributed by atoms with van der Waals surface area (Å²) in [6.45, 7) is 7.18. The fourth-order valence-electron chi connectivity index (χ4n) is 1.27. The van der Waals surface area contributed by atoms with Crippen molar-refractivity contribution in [2.24, 2.45) is 11.8 Å². The molecule has 0 saturated carbocycles. The minimum Gasteiger partial charge on any atom is -0.395 e. The van der Waals surface area contributed by atoms with Crippen LogP contribution >= 0.6 is 0 Å². The van der Waals surface area contributed by atoms with Gasteiger partial charge < -0.3 is 5.11 Å². The molecule has 0 saturated heterocycles. The van der Waals surface area contributed by atoms with Gasteiger partial charge in [0.2, 0.25) is 5.91 Å². The summed E-state index contributed by atoms with van der Waals surface area (Å²) in [7, 11) is 0. The van der Waals surface area contributed by atoms with E-state index in [1.54, 1.807) is 0 Å². The van der Waals surface area contributed by atoms with Crippen LogP contribution in [0.3, 0.4) is 0 Å². The molecule has 4 N–H and O–H groups in total. The number of aliphatic hydroxyl groups excluding tert-OH is 1. The molecular weight excluding hydrogens is 182 g/mol. The van der Waals surface area contributed by atoms with Crippen molar-refractivity contribution in [1.82, 2.24) is 10.3 Å². The average Bonchev–Trinajstić information content (AvgIpc) is 2.15. The Hall–Kier alpha value is -0.650. The summed E-state index contributed by atoms with van der Waals surface area (Å²) in [6, 6.07) is 0.315. The van der Waals surface area contributed by atoms with Crippen molar-refractivity contribution >= 4 is 5.91 Å². The van der Waals surface area contributed by atoms with E-state index >= 15 is 0 Å². The summed E-state index contributed by atoms with van der Waals surface area (Å²) in [6.07, 6.45) is 0. The third-order valence-electron chi connectivity index (χ3n) is 2.22. The Morgan fingerprint density at radius 3 is 2.43 bits per heavy atom. The van der Waals surface area contributed by atoms with E-state index in [0.29, 0.717) is 19.1 Å². The molecule has 0 aliphatic carbocycles. The smallest absolute Gasteiger partial charge is 0.237 e. The first-order valence-corrected chi connectivity index (χ1v) is 4.88. The van der Waals surface area contributed by atoms with E-state index in [9.17, 15) is 4.79 Å². The molecule has 0 bridgehead atoms. The number of nitrogens with one attached hydrogen (secondary N) is 1. The zero-order chi connectivity index (χ0) is 11.1. The van der Waals surface area contributed by atoms with Crippen LogP contribution in [-0.4, -0.2) is 41.7 Å². The van der Waals surface area contributed by atoms with Crippen molar-refractivity contribution < 1.29 is 9.90 Å². The number of hydrogen-bond acceptors (Lipinski definition) is 4. The molecule has 1 atom stereocenters. The van der Waals surface area contributed by atoms with Crippen molar-refractivity contribution in [2.75, 3.05) is 19.7 Å². The number of aliphatic hydroxyl groups is 1. The predicted molar refractivity (Wildman–Crippen MR) is 55.3 cm³/mol. The fourth-order valence-corrected chi connectivity index (χ4v) is 1.27. The summed E-state index contributed by atoms with van der Waals surface area (Å²) < 4.78 is 0. The van der Waals surface area contributed by atoms with Gasteiger partial charge in [-0.3, -0.25) is 15.1 Å². The van der Waals surface area contributed by atoms with Gasteiger partial charge in [0, 0.05) is 25.0 Å². The molecule has 5 nitrogen and oxygen atoms in total. The molecule has 0 heterocycles. The summed E-state index contributed by atoms with van der Waals surface area (Å²) in [4.78, 5) is 13.2. The lowest BCUT2D eigenvalue weighted by molar-refractivity contribution is -0.125. The molecule has 1 unspecified atom stereocenters. The first-order valence-electron chi connectivity index (χ1n) is 4.88. The summed E-state index contributed by atoms with van der Waals surface area (Å²) in [5, 5.41) is 8.83. The van der Waals surface area contributed by atoms with Crippen LogP contribution in [-0.2, 0) is 4.79 Å². The van der Waals surface area contributed by atoms with E-state index in [-0.39, 0.29) is 18.4 Å². The van der Waals surface area contributed by atoms with Gasteiger partial charge in [-0.1, -0.05) is 6.92 Å². The van der Waals surface area contributed by atoms with Crippen LogP contribution in [0.15, 0.2) is 0 Å². The van der Waals surface area contributed by atoms with Gasteiger partial charge in [-0.2, -0.15) is 0 Å². The highest BCUT2D eigenvalue weighted by Crippen LogP contribution is 2.04. The maximum atomic E-state index is 11.1. The minimum atomic E-state index is -0.173. The monoisotopic (exact) mass is 203 g/mol. The molecule has 0 aromatic carbocycles. The van der Waals surface area contributed by atoms with Gasteiger partial charge in [0.15, 0.2) is 0 Å². The van der Waals surface area contributed by atoms with E-state index in [2.05, 4.69) is 5.43 Å². The van der Waals surface area contributed by atoms with Crippen LogP contribution in [0.1, 0.15) is 20.8 Å². The van der Waals surface area contributed by atoms with E-state index in [0.717, 1.165) is 0 Å². The number of nitrogens with two attached hydrogens (primary N) is 1. The van der Waals surface area contributed by atoms with E-state index in [4.69, 9.17) is 10.9 Å². The van der Waals surface area contributed by atoms with Gasteiger partial charge in [-0.15, -0.1) is 0 Å². The van der Waals surface area contributed by atoms with E-state index in [1.807, 2.05) is 25.7 Å². The van der Waals surface area contributed by atoms with Crippen molar-refractivity contribution in [3.63, 3.8) is 0 Å². The average molecular weight is 203 g/mol. The Labute approximate surface area is 85.2 Å². The molecule has 0 aromatic heterocycles. The van der Waals surface area contributed by atoms with Gasteiger partial charge in [0.1, 0.15) is 0 Å². The maximum Gasteiger partial charge on any atom is 0.237 e. The second-order valence-electron chi connectivity index (χ2n) is 3.72. The molecule has 84 valence electrons. The normalized spacial score (nSPS) is 13.4. The molecule has 0 spiro atoms. The zero-order valence-electron chi connectivity index (χ0n) is 9.16. The van der Waals surface area contributed by atoms with Gasteiger partial charge in [0.05, 0.1) is 6.61 Å². The lowest BCUT2D eigenvalue weighted by Crippen LogP contribution is -2.43. The number of hydrogen-bond donors (Lipinski definition) is 3. The largest absolute Gasteiger partial charge is 0.395 e. The number of rotatable bonds is 6. The topological polar surface area (TPSA) is 78.6 Å². The van der Waals surface area contributed by atoms with Crippen LogP contribution < -0.4 is 11.3 Å².